The molecule has 1 aliphatic carbocycles. The lowest BCUT2D eigenvalue weighted by molar-refractivity contribution is 0.572. The first-order valence-corrected chi connectivity index (χ1v) is 7.33. The van der Waals surface area contributed by atoms with Crippen LogP contribution in [-0.2, 0) is 0 Å². The van der Waals surface area contributed by atoms with Gasteiger partial charge in [-0.25, -0.2) is 0 Å². The molecule has 0 aliphatic heterocycles. The number of hydrogen-bond donors (Lipinski definition) is 2. The molecular weight excluding hydrogens is 252 g/mol. The normalized spacial score (nSPS) is 19.6. The lowest BCUT2D eigenvalue weighted by Gasteiger charge is -2.14. The number of anilines is 3. The first-order chi connectivity index (χ1) is 9.42. The minimum atomic E-state index is 0.466. The molecule has 1 aliphatic rings. The maximum Gasteiger partial charge on any atom is 0.231 e. The molecule has 20 heavy (non-hydrogen) atoms. The molecule has 6 heteroatoms. The van der Waals surface area contributed by atoms with E-state index in [9.17, 15) is 0 Å². The van der Waals surface area contributed by atoms with Gasteiger partial charge in [0.1, 0.15) is 0 Å². The second-order valence-corrected chi connectivity index (χ2v) is 6.37. The fraction of sp³-hybridized carbons (Fsp3) is 0.786. The van der Waals surface area contributed by atoms with Gasteiger partial charge in [-0.2, -0.15) is 15.0 Å². The van der Waals surface area contributed by atoms with E-state index in [4.69, 9.17) is 0 Å². The third kappa shape index (κ3) is 3.71. The highest BCUT2D eigenvalue weighted by Crippen LogP contribution is 2.51. The highest BCUT2D eigenvalue weighted by Gasteiger charge is 2.45. The Hall–Kier alpha value is -1.59. The van der Waals surface area contributed by atoms with E-state index in [0.717, 1.165) is 19.5 Å². The molecule has 0 saturated heterocycles. The van der Waals surface area contributed by atoms with E-state index in [-0.39, 0.29) is 0 Å². The molecule has 0 aromatic carbocycles. The predicted molar refractivity (Wildman–Crippen MR) is 83.3 cm³/mol. The van der Waals surface area contributed by atoms with E-state index >= 15 is 0 Å². The first-order valence-electron chi connectivity index (χ1n) is 7.33. The summed E-state index contributed by atoms with van der Waals surface area (Å²) in [7, 11) is 3.87. The second-order valence-electron chi connectivity index (χ2n) is 6.37. The molecule has 6 nitrogen and oxygen atoms in total. The smallest absolute Gasteiger partial charge is 0.231 e. The van der Waals surface area contributed by atoms with Crippen LogP contribution in [0.3, 0.4) is 0 Å². The summed E-state index contributed by atoms with van der Waals surface area (Å²) >= 11 is 0. The Labute approximate surface area is 121 Å². The Morgan fingerprint density at radius 3 is 2.25 bits per heavy atom. The molecule has 1 aromatic heterocycles. The van der Waals surface area contributed by atoms with Crippen molar-refractivity contribution in [3.05, 3.63) is 0 Å². The van der Waals surface area contributed by atoms with Gasteiger partial charge in [0.15, 0.2) is 0 Å². The van der Waals surface area contributed by atoms with E-state index in [0.29, 0.717) is 29.2 Å². The SMILES string of the molecule is CCCNc1nc(NCC2CC2(C)C)nc(N(C)C)n1. The van der Waals surface area contributed by atoms with Gasteiger partial charge in [0.2, 0.25) is 17.8 Å². The molecule has 1 aromatic rings. The Morgan fingerprint density at radius 2 is 1.75 bits per heavy atom. The number of nitrogens with zero attached hydrogens (tertiary/aromatic N) is 4. The summed E-state index contributed by atoms with van der Waals surface area (Å²) in [6, 6.07) is 0. The first kappa shape index (κ1) is 14.8. The number of nitrogens with one attached hydrogen (secondary N) is 2. The molecule has 1 saturated carbocycles. The summed E-state index contributed by atoms with van der Waals surface area (Å²) in [4.78, 5) is 15.2. The molecule has 1 atom stereocenters. The zero-order valence-corrected chi connectivity index (χ0v) is 13.2. The highest BCUT2D eigenvalue weighted by molar-refractivity contribution is 5.43. The van der Waals surface area contributed by atoms with Gasteiger partial charge in [0.05, 0.1) is 0 Å². The average molecular weight is 278 g/mol. The van der Waals surface area contributed by atoms with Crippen molar-refractivity contribution in [2.45, 2.75) is 33.6 Å². The molecule has 2 rings (SSSR count). The number of rotatable bonds is 7. The van der Waals surface area contributed by atoms with Gasteiger partial charge in [-0.05, 0) is 24.2 Å². The minimum absolute atomic E-state index is 0.466. The Morgan fingerprint density at radius 1 is 1.15 bits per heavy atom. The average Bonchev–Trinajstić information content (AvgIpc) is 3.01. The molecule has 0 radical (unpaired) electrons. The summed E-state index contributed by atoms with van der Waals surface area (Å²) in [5.41, 5.74) is 0.466. The second kappa shape index (κ2) is 5.81. The molecule has 1 fully saturated rings. The molecule has 0 spiro atoms. The van der Waals surface area contributed by atoms with Crippen molar-refractivity contribution in [2.24, 2.45) is 11.3 Å². The van der Waals surface area contributed by atoms with Gasteiger partial charge < -0.3 is 15.5 Å². The summed E-state index contributed by atoms with van der Waals surface area (Å²) in [5.74, 6) is 2.69. The standard InChI is InChI=1S/C14H26N6/c1-6-7-15-11-17-12(19-13(18-11)20(4)5)16-9-10-8-14(10,2)3/h10H,6-9H2,1-5H3,(H2,15,16,17,18,19). The Bertz CT molecular complexity index is 457. The van der Waals surface area contributed by atoms with Crippen LogP contribution in [0.1, 0.15) is 33.6 Å². The van der Waals surface area contributed by atoms with Gasteiger partial charge in [-0.1, -0.05) is 20.8 Å². The molecular formula is C14H26N6. The molecule has 2 N–H and O–H groups in total. The monoisotopic (exact) mass is 278 g/mol. The van der Waals surface area contributed by atoms with Crippen LogP contribution in [0, 0.1) is 11.3 Å². The zero-order valence-electron chi connectivity index (χ0n) is 13.2. The van der Waals surface area contributed by atoms with Crippen LogP contribution in [0.4, 0.5) is 17.8 Å². The van der Waals surface area contributed by atoms with Gasteiger partial charge in [0.25, 0.3) is 0 Å². The van der Waals surface area contributed by atoms with E-state index in [2.05, 4.69) is 46.4 Å². The van der Waals surface area contributed by atoms with Crippen LogP contribution < -0.4 is 15.5 Å². The molecule has 0 bridgehead atoms. The van der Waals surface area contributed by atoms with Crippen LogP contribution in [0.5, 0.6) is 0 Å². The third-order valence-corrected chi connectivity index (χ3v) is 3.78. The lowest BCUT2D eigenvalue weighted by atomic mass is 10.1. The summed E-state index contributed by atoms with van der Waals surface area (Å²) < 4.78 is 0. The van der Waals surface area contributed by atoms with Crippen LogP contribution >= 0.6 is 0 Å². The maximum absolute atomic E-state index is 4.44. The van der Waals surface area contributed by atoms with Crippen molar-refractivity contribution in [3.63, 3.8) is 0 Å². The van der Waals surface area contributed by atoms with E-state index in [1.54, 1.807) is 0 Å². The van der Waals surface area contributed by atoms with Crippen LogP contribution in [-0.4, -0.2) is 42.1 Å². The lowest BCUT2D eigenvalue weighted by Crippen LogP contribution is -2.18. The van der Waals surface area contributed by atoms with Crippen molar-refractivity contribution in [1.29, 1.82) is 0 Å². The molecule has 1 heterocycles. The van der Waals surface area contributed by atoms with Crippen LogP contribution in [0.15, 0.2) is 0 Å². The predicted octanol–water partition coefficient (Wildman–Crippen LogP) is 2.22. The Balaban J connectivity index is 2.04. The molecule has 112 valence electrons. The van der Waals surface area contributed by atoms with Gasteiger partial charge in [-0.3, -0.25) is 0 Å². The van der Waals surface area contributed by atoms with E-state index in [1.807, 2.05) is 19.0 Å². The minimum Gasteiger partial charge on any atom is -0.354 e. The third-order valence-electron chi connectivity index (χ3n) is 3.78. The molecule has 1 unspecified atom stereocenters. The quantitative estimate of drug-likeness (QED) is 0.797. The van der Waals surface area contributed by atoms with Crippen molar-refractivity contribution in [1.82, 2.24) is 15.0 Å². The van der Waals surface area contributed by atoms with Gasteiger partial charge >= 0.3 is 0 Å². The topological polar surface area (TPSA) is 66.0 Å². The highest BCUT2D eigenvalue weighted by atomic mass is 15.3. The fourth-order valence-corrected chi connectivity index (χ4v) is 2.10. The summed E-state index contributed by atoms with van der Waals surface area (Å²) in [6.45, 7) is 8.51. The van der Waals surface area contributed by atoms with Gasteiger partial charge in [0, 0.05) is 27.2 Å². The van der Waals surface area contributed by atoms with Crippen molar-refractivity contribution < 1.29 is 0 Å². The maximum atomic E-state index is 4.44. The number of aromatic nitrogens is 3. The zero-order chi connectivity index (χ0) is 14.8. The van der Waals surface area contributed by atoms with Crippen LogP contribution in [0.25, 0.3) is 0 Å². The van der Waals surface area contributed by atoms with Crippen molar-refractivity contribution >= 4 is 17.8 Å². The van der Waals surface area contributed by atoms with Crippen LogP contribution in [0.2, 0.25) is 0 Å². The van der Waals surface area contributed by atoms with E-state index < -0.39 is 0 Å². The van der Waals surface area contributed by atoms with E-state index in [1.165, 1.54) is 6.42 Å². The van der Waals surface area contributed by atoms with Crippen molar-refractivity contribution in [2.75, 3.05) is 42.7 Å². The summed E-state index contributed by atoms with van der Waals surface area (Å²) in [5, 5.41) is 6.57. The summed E-state index contributed by atoms with van der Waals surface area (Å²) in [6.07, 6.45) is 2.31. The molecule has 0 amide bonds. The van der Waals surface area contributed by atoms with Crippen molar-refractivity contribution in [3.8, 4) is 0 Å². The Kier molecular flexibility index (Phi) is 4.30. The van der Waals surface area contributed by atoms with Gasteiger partial charge in [-0.15, -0.1) is 0 Å². The number of hydrogen-bond acceptors (Lipinski definition) is 6. The largest absolute Gasteiger partial charge is 0.354 e. The fourth-order valence-electron chi connectivity index (χ4n) is 2.10.